The first-order chi connectivity index (χ1) is 8.02. The fourth-order valence-electron chi connectivity index (χ4n) is 1.56. The van der Waals surface area contributed by atoms with E-state index in [1.54, 1.807) is 24.3 Å². The number of rotatable bonds is 6. The topological polar surface area (TPSA) is 49.3 Å². The van der Waals surface area contributed by atoms with E-state index >= 15 is 0 Å². The van der Waals surface area contributed by atoms with Crippen LogP contribution in [0.4, 0.5) is 0 Å². The van der Waals surface area contributed by atoms with Crippen LogP contribution in [0.15, 0.2) is 29.2 Å². The van der Waals surface area contributed by atoms with Gasteiger partial charge in [-0.2, -0.15) is 0 Å². The maximum atomic E-state index is 10.6. The van der Waals surface area contributed by atoms with Gasteiger partial charge in [-0.3, -0.25) is 0 Å². The van der Waals surface area contributed by atoms with Crippen molar-refractivity contribution < 1.29 is 9.90 Å². The van der Waals surface area contributed by atoms with Gasteiger partial charge in [-0.25, -0.2) is 4.79 Å². The van der Waals surface area contributed by atoms with Gasteiger partial charge in [0.15, 0.2) is 0 Å². The number of carbonyl (C=O) groups is 1. The average molecular weight is 253 g/mol. The van der Waals surface area contributed by atoms with Gasteiger partial charge in [0.25, 0.3) is 0 Å². The lowest BCUT2D eigenvalue weighted by molar-refractivity contribution is -0.132. The fraction of sp³-hybridized carbons (Fsp3) is 0.462. The highest BCUT2D eigenvalue weighted by atomic mass is 32.1. The molecular formula is C13H19NO2S. The Balaban J connectivity index is 2.58. The summed E-state index contributed by atoms with van der Waals surface area (Å²) in [6, 6.07) is 4.43. The first-order valence-electron chi connectivity index (χ1n) is 5.69. The van der Waals surface area contributed by atoms with Crippen LogP contribution in [0.5, 0.6) is 0 Å². The van der Waals surface area contributed by atoms with Gasteiger partial charge in [-0.05, 0) is 24.3 Å². The smallest absolute Gasteiger partial charge is 0.330 e. The summed E-state index contributed by atoms with van der Waals surface area (Å²) in [6.45, 7) is 6.51. The number of carboxylic acid groups (broad SMARTS) is 1. The van der Waals surface area contributed by atoms with E-state index in [1.165, 1.54) is 4.88 Å². The maximum Gasteiger partial charge on any atom is 0.330 e. The Hall–Kier alpha value is -1.13. The van der Waals surface area contributed by atoms with E-state index in [-0.39, 0.29) is 6.04 Å². The van der Waals surface area contributed by atoms with Gasteiger partial charge in [0.2, 0.25) is 0 Å². The first kappa shape index (κ1) is 13.9. The van der Waals surface area contributed by atoms with Crippen LogP contribution < -0.4 is 5.32 Å². The van der Waals surface area contributed by atoms with E-state index in [9.17, 15) is 4.79 Å². The summed E-state index contributed by atoms with van der Waals surface area (Å²) in [5.41, 5.74) is 0.381. The number of hydrogen-bond donors (Lipinski definition) is 2. The third-order valence-corrected chi connectivity index (χ3v) is 3.56. The minimum Gasteiger partial charge on any atom is -0.478 e. The lowest BCUT2D eigenvalue weighted by Gasteiger charge is -2.20. The molecule has 0 aliphatic rings. The van der Waals surface area contributed by atoms with Crippen LogP contribution in [0.2, 0.25) is 0 Å². The van der Waals surface area contributed by atoms with Gasteiger partial charge < -0.3 is 10.4 Å². The highest BCUT2D eigenvalue weighted by molar-refractivity contribution is 7.10. The van der Waals surface area contributed by atoms with Crippen molar-refractivity contribution in [2.75, 3.05) is 6.54 Å². The Morgan fingerprint density at radius 2 is 2.29 bits per heavy atom. The molecule has 0 bridgehead atoms. The SMILES string of the molecule is C/C(=C/CNC(c1cccs1)C(C)C)C(=O)O. The summed E-state index contributed by atoms with van der Waals surface area (Å²) in [5.74, 6) is -0.379. The molecule has 0 spiro atoms. The van der Waals surface area contributed by atoms with Crippen molar-refractivity contribution in [1.29, 1.82) is 0 Å². The molecule has 1 unspecified atom stereocenters. The lowest BCUT2D eigenvalue weighted by Crippen LogP contribution is -2.25. The molecule has 0 aromatic carbocycles. The lowest BCUT2D eigenvalue weighted by atomic mass is 10.0. The van der Waals surface area contributed by atoms with Crippen LogP contribution in [-0.2, 0) is 4.79 Å². The molecule has 1 heterocycles. The second kappa shape index (κ2) is 6.57. The van der Waals surface area contributed by atoms with Gasteiger partial charge >= 0.3 is 5.97 Å². The van der Waals surface area contributed by atoms with E-state index in [2.05, 4.69) is 30.6 Å². The molecule has 0 saturated carbocycles. The molecule has 0 fully saturated rings. The summed E-state index contributed by atoms with van der Waals surface area (Å²) >= 11 is 1.72. The standard InChI is InChI=1S/C13H19NO2S/c1-9(2)12(11-5-4-8-17-11)14-7-6-10(3)13(15)16/h4-6,8-9,12,14H,7H2,1-3H3,(H,15,16)/b10-6-. The zero-order valence-electron chi connectivity index (χ0n) is 10.4. The second-order valence-electron chi connectivity index (χ2n) is 4.34. The van der Waals surface area contributed by atoms with Crippen molar-refractivity contribution in [3.63, 3.8) is 0 Å². The molecule has 0 saturated heterocycles. The zero-order valence-corrected chi connectivity index (χ0v) is 11.3. The number of nitrogens with one attached hydrogen (secondary N) is 1. The van der Waals surface area contributed by atoms with Crippen molar-refractivity contribution in [1.82, 2.24) is 5.32 Å². The molecule has 0 amide bonds. The Morgan fingerprint density at radius 1 is 1.59 bits per heavy atom. The summed E-state index contributed by atoms with van der Waals surface area (Å²) in [7, 11) is 0. The number of aliphatic carboxylic acids is 1. The Bertz CT molecular complexity index is 382. The number of hydrogen-bond acceptors (Lipinski definition) is 3. The molecule has 2 N–H and O–H groups in total. The minimum atomic E-state index is -0.857. The first-order valence-corrected chi connectivity index (χ1v) is 6.57. The van der Waals surface area contributed by atoms with E-state index in [0.717, 1.165) is 0 Å². The minimum absolute atomic E-state index is 0.285. The molecule has 0 radical (unpaired) electrons. The van der Waals surface area contributed by atoms with Crippen LogP contribution in [0.1, 0.15) is 31.7 Å². The average Bonchev–Trinajstić information content (AvgIpc) is 2.76. The van der Waals surface area contributed by atoms with E-state index in [0.29, 0.717) is 18.0 Å². The molecule has 17 heavy (non-hydrogen) atoms. The predicted molar refractivity (Wildman–Crippen MR) is 71.3 cm³/mol. The number of carboxylic acids is 1. The normalized spacial score (nSPS) is 14.0. The van der Waals surface area contributed by atoms with E-state index in [1.807, 2.05) is 6.07 Å². The summed E-state index contributed by atoms with van der Waals surface area (Å²) in [6.07, 6.45) is 1.71. The molecule has 1 aromatic heterocycles. The Labute approximate surface area is 106 Å². The van der Waals surface area contributed by atoms with Crippen molar-refractivity contribution in [2.24, 2.45) is 5.92 Å². The van der Waals surface area contributed by atoms with Crippen LogP contribution >= 0.6 is 11.3 Å². The van der Waals surface area contributed by atoms with Gasteiger partial charge in [-0.15, -0.1) is 11.3 Å². The Morgan fingerprint density at radius 3 is 2.76 bits per heavy atom. The molecule has 1 rings (SSSR count). The molecule has 94 valence electrons. The monoisotopic (exact) mass is 253 g/mol. The largest absolute Gasteiger partial charge is 0.478 e. The van der Waals surface area contributed by atoms with Crippen LogP contribution in [0, 0.1) is 5.92 Å². The molecule has 0 aliphatic heterocycles. The Kier molecular flexibility index (Phi) is 5.38. The van der Waals surface area contributed by atoms with E-state index < -0.39 is 5.97 Å². The summed E-state index contributed by atoms with van der Waals surface area (Å²) in [5, 5.41) is 14.2. The highest BCUT2D eigenvalue weighted by Crippen LogP contribution is 2.25. The van der Waals surface area contributed by atoms with Gasteiger partial charge in [0.05, 0.1) is 0 Å². The molecule has 4 heteroatoms. The second-order valence-corrected chi connectivity index (χ2v) is 5.32. The summed E-state index contributed by atoms with van der Waals surface area (Å²) < 4.78 is 0. The molecule has 1 atom stereocenters. The third kappa shape index (κ3) is 4.32. The predicted octanol–water partition coefficient (Wildman–Crippen LogP) is 3.07. The molecule has 1 aromatic rings. The fourth-order valence-corrected chi connectivity index (χ4v) is 2.53. The van der Waals surface area contributed by atoms with Crippen LogP contribution in [0.3, 0.4) is 0 Å². The quantitative estimate of drug-likeness (QED) is 0.766. The van der Waals surface area contributed by atoms with Crippen molar-refractivity contribution in [3.05, 3.63) is 34.0 Å². The van der Waals surface area contributed by atoms with Crippen LogP contribution in [-0.4, -0.2) is 17.6 Å². The molecule has 0 aliphatic carbocycles. The van der Waals surface area contributed by atoms with Crippen molar-refractivity contribution in [2.45, 2.75) is 26.8 Å². The maximum absolute atomic E-state index is 10.6. The molecule has 3 nitrogen and oxygen atoms in total. The van der Waals surface area contributed by atoms with E-state index in [4.69, 9.17) is 5.11 Å². The van der Waals surface area contributed by atoms with Crippen LogP contribution in [0.25, 0.3) is 0 Å². The van der Waals surface area contributed by atoms with Gasteiger partial charge in [0, 0.05) is 23.0 Å². The van der Waals surface area contributed by atoms with Crippen molar-refractivity contribution >= 4 is 17.3 Å². The number of thiophene rings is 1. The van der Waals surface area contributed by atoms with Crippen molar-refractivity contribution in [3.8, 4) is 0 Å². The highest BCUT2D eigenvalue weighted by Gasteiger charge is 2.15. The van der Waals surface area contributed by atoms with Gasteiger partial charge in [-0.1, -0.05) is 26.0 Å². The zero-order chi connectivity index (χ0) is 12.8. The molecular weight excluding hydrogens is 234 g/mol. The third-order valence-electron chi connectivity index (χ3n) is 2.60. The summed E-state index contributed by atoms with van der Waals surface area (Å²) in [4.78, 5) is 11.9. The van der Waals surface area contributed by atoms with Gasteiger partial charge in [0.1, 0.15) is 0 Å².